The number of benzene rings is 1. The summed E-state index contributed by atoms with van der Waals surface area (Å²) in [7, 11) is -3.83. The second-order valence-corrected chi connectivity index (χ2v) is 6.61. The van der Waals surface area contributed by atoms with Gasteiger partial charge in [-0.2, -0.15) is 0 Å². The summed E-state index contributed by atoms with van der Waals surface area (Å²) in [4.78, 5) is 3.70. The van der Waals surface area contributed by atoms with Crippen molar-refractivity contribution in [3.8, 4) is 0 Å². The Labute approximate surface area is 124 Å². The Balaban J connectivity index is 2.40. The highest BCUT2D eigenvalue weighted by molar-refractivity contribution is 9.10. The van der Waals surface area contributed by atoms with Crippen LogP contribution in [0.15, 0.2) is 39.8 Å². The topological polar surface area (TPSA) is 85.1 Å². The minimum Gasteiger partial charge on any atom is -0.398 e. The third-order valence-electron chi connectivity index (χ3n) is 2.55. The first-order chi connectivity index (χ1) is 9.29. The highest BCUT2D eigenvalue weighted by Crippen LogP contribution is 2.27. The van der Waals surface area contributed by atoms with Gasteiger partial charge in [-0.3, -0.25) is 4.72 Å². The van der Waals surface area contributed by atoms with Gasteiger partial charge in [0.25, 0.3) is 10.0 Å². The molecule has 8 heteroatoms. The number of hydrogen-bond donors (Lipinski definition) is 2. The summed E-state index contributed by atoms with van der Waals surface area (Å²) in [6, 6.07) is 5.32. The molecule has 0 spiro atoms. The molecule has 106 valence electrons. The maximum atomic E-state index is 12.7. The number of anilines is 2. The highest BCUT2D eigenvalue weighted by atomic mass is 79.9. The zero-order valence-corrected chi connectivity index (χ0v) is 12.8. The predicted molar refractivity (Wildman–Crippen MR) is 78.3 cm³/mol. The van der Waals surface area contributed by atoms with Crippen molar-refractivity contribution >= 4 is 37.5 Å². The summed E-state index contributed by atoms with van der Waals surface area (Å²) in [5.41, 5.74) is 6.53. The van der Waals surface area contributed by atoms with Crippen LogP contribution in [0, 0.1) is 12.7 Å². The van der Waals surface area contributed by atoms with Crippen molar-refractivity contribution in [1.82, 2.24) is 4.98 Å². The summed E-state index contributed by atoms with van der Waals surface area (Å²) in [5, 5.41) is 0. The quantitative estimate of drug-likeness (QED) is 0.825. The summed E-state index contributed by atoms with van der Waals surface area (Å²) in [5.74, 6) is -0.510. The van der Waals surface area contributed by atoms with Crippen LogP contribution in [0.2, 0.25) is 0 Å². The average Bonchev–Trinajstić information content (AvgIpc) is 2.36. The summed E-state index contributed by atoms with van der Waals surface area (Å²) in [6.07, 6.45) is 0.931. The molecule has 2 aromatic rings. The number of pyridine rings is 1. The number of sulfonamides is 1. The molecule has 1 aromatic carbocycles. The maximum absolute atomic E-state index is 12.7. The molecular formula is C12H11BrFN3O2S. The molecule has 0 aliphatic heterocycles. The van der Waals surface area contributed by atoms with Crippen molar-refractivity contribution in [1.29, 1.82) is 0 Å². The fourth-order valence-electron chi connectivity index (χ4n) is 1.59. The summed E-state index contributed by atoms with van der Waals surface area (Å²) in [6.45, 7) is 1.65. The van der Waals surface area contributed by atoms with Gasteiger partial charge in [0.2, 0.25) is 0 Å². The summed E-state index contributed by atoms with van der Waals surface area (Å²) < 4.78 is 40.1. The largest absolute Gasteiger partial charge is 0.398 e. The van der Waals surface area contributed by atoms with Gasteiger partial charge in [0, 0.05) is 10.2 Å². The zero-order chi connectivity index (χ0) is 14.9. The van der Waals surface area contributed by atoms with E-state index in [0.717, 1.165) is 12.3 Å². The van der Waals surface area contributed by atoms with E-state index >= 15 is 0 Å². The maximum Gasteiger partial charge on any atom is 0.263 e. The van der Waals surface area contributed by atoms with Crippen LogP contribution in [-0.2, 0) is 10.0 Å². The first kappa shape index (κ1) is 14.7. The monoisotopic (exact) mass is 359 g/mol. The minimum atomic E-state index is -3.83. The lowest BCUT2D eigenvalue weighted by atomic mass is 10.2. The number of nitrogens with two attached hydrogens (primary N) is 1. The third-order valence-corrected chi connectivity index (χ3v) is 4.73. The molecule has 1 aromatic heterocycles. The minimum absolute atomic E-state index is 0.0345. The van der Waals surface area contributed by atoms with E-state index in [2.05, 4.69) is 25.6 Å². The zero-order valence-electron chi connectivity index (χ0n) is 10.4. The van der Waals surface area contributed by atoms with Gasteiger partial charge in [0.1, 0.15) is 11.6 Å². The van der Waals surface area contributed by atoms with Crippen LogP contribution in [0.3, 0.4) is 0 Å². The lowest BCUT2D eigenvalue weighted by Gasteiger charge is -2.11. The van der Waals surface area contributed by atoms with Crippen molar-refractivity contribution in [2.75, 3.05) is 10.5 Å². The van der Waals surface area contributed by atoms with Gasteiger partial charge in [0.15, 0.2) is 0 Å². The van der Waals surface area contributed by atoms with Gasteiger partial charge in [-0.1, -0.05) is 0 Å². The number of nitrogen functional groups attached to an aromatic ring is 1. The van der Waals surface area contributed by atoms with Gasteiger partial charge in [0.05, 0.1) is 11.1 Å². The summed E-state index contributed by atoms with van der Waals surface area (Å²) >= 11 is 3.23. The molecule has 0 atom stereocenters. The van der Waals surface area contributed by atoms with E-state index in [1.54, 1.807) is 13.0 Å². The molecule has 5 nitrogen and oxygen atoms in total. The number of nitrogens with zero attached hydrogens (tertiary/aromatic N) is 1. The van der Waals surface area contributed by atoms with Crippen LogP contribution < -0.4 is 10.5 Å². The molecular weight excluding hydrogens is 349 g/mol. The van der Waals surface area contributed by atoms with Crippen molar-refractivity contribution in [2.45, 2.75) is 11.8 Å². The van der Waals surface area contributed by atoms with Gasteiger partial charge < -0.3 is 5.73 Å². The number of halogens is 2. The van der Waals surface area contributed by atoms with E-state index in [0.29, 0.717) is 15.7 Å². The highest BCUT2D eigenvalue weighted by Gasteiger charge is 2.19. The first-order valence-electron chi connectivity index (χ1n) is 5.49. The number of aromatic nitrogens is 1. The van der Waals surface area contributed by atoms with Gasteiger partial charge in [-0.25, -0.2) is 17.8 Å². The average molecular weight is 360 g/mol. The molecule has 0 unspecified atom stereocenters. The molecule has 2 rings (SSSR count). The molecule has 20 heavy (non-hydrogen) atoms. The number of aryl methyl sites for hydroxylation is 1. The molecule has 0 aliphatic rings. The molecule has 3 N–H and O–H groups in total. The normalized spacial score (nSPS) is 11.3. The van der Waals surface area contributed by atoms with E-state index in [1.165, 1.54) is 12.1 Å². The smallest absolute Gasteiger partial charge is 0.263 e. The predicted octanol–water partition coefficient (Wildman–Crippen LogP) is 2.67. The second-order valence-electron chi connectivity index (χ2n) is 4.11. The van der Waals surface area contributed by atoms with Gasteiger partial charge in [-0.05, 0) is 52.7 Å². The Kier molecular flexibility index (Phi) is 3.96. The van der Waals surface area contributed by atoms with Crippen LogP contribution >= 0.6 is 15.9 Å². The van der Waals surface area contributed by atoms with E-state index in [9.17, 15) is 12.8 Å². The second kappa shape index (κ2) is 5.37. The van der Waals surface area contributed by atoms with Crippen LogP contribution in [-0.4, -0.2) is 13.4 Å². The van der Waals surface area contributed by atoms with Crippen LogP contribution in [0.5, 0.6) is 0 Å². The van der Waals surface area contributed by atoms with Gasteiger partial charge in [-0.15, -0.1) is 0 Å². The SMILES string of the molecule is Cc1cc(Br)c(N)cc1S(=O)(=O)Nc1ccc(F)cn1. The van der Waals surface area contributed by atoms with Gasteiger partial charge >= 0.3 is 0 Å². The Hall–Kier alpha value is -1.67. The standard InChI is InChI=1S/C12H11BrFN3O2S/c1-7-4-9(13)10(15)5-11(7)20(18,19)17-12-3-2-8(14)6-16-12/h2-6H,15H2,1H3,(H,16,17). The van der Waals surface area contributed by atoms with E-state index in [-0.39, 0.29) is 10.7 Å². The fourth-order valence-corrected chi connectivity index (χ4v) is 3.32. The molecule has 0 saturated heterocycles. The number of nitrogens with one attached hydrogen (secondary N) is 1. The molecule has 0 aliphatic carbocycles. The Bertz CT molecular complexity index is 748. The van der Waals surface area contributed by atoms with E-state index < -0.39 is 15.8 Å². The van der Waals surface area contributed by atoms with Crippen molar-refractivity contribution < 1.29 is 12.8 Å². The first-order valence-corrected chi connectivity index (χ1v) is 7.77. The van der Waals surface area contributed by atoms with Crippen LogP contribution in [0.1, 0.15) is 5.56 Å². The molecule has 0 fully saturated rings. The van der Waals surface area contributed by atoms with Crippen molar-refractivity contribution in [3.05, 3.63) is 46.3 Å². The van der Waals surface area contributed by atoms with E-state index in [4.69, 9.17) is 5.73 Å². The Morgan fingerprint density at radius 3 is 2.65 bits per heavy atom. The molecule has 0 amide bonds. The molecule has 0 radical (unpaired) electrons. The molecule has 0 bridgehead atoms. The van der Waals surface area contributed by atoms with E-state index in [1.807, 2.05) is 0 Å². The van der Waals surface area contributed by atoms with Crippen molar-refractivity contribution in [2.24, 2.45) is 0 Å². The number of rotatable bonds is 3. The molecule has 1 heterocycles. The Morgan fingerprint density at radius 2 is 2.05 bits per heavy atom. The fraction of sp³-hybridized carbons (Fsp3) is 0.0833. The van der Waals surface area contributed by atoms with Crippen LogP contribution in [0.25, 0.3) is 0 Å². The lowest BCUT2D eigenvalue weighted by molar-refractivity contribution is 0.600. The Morgan fingerprint density at radius 1 is 1.35 bits per heavy atom. The lowest BCUT2D eigenvalue weighted by Crippen LogP contribution is -2.15. The molecule has 0 saturated carbocycles. The number of hydrogen-bond acceptors (Lipinski definition) is 4. The van der Waals surface area contributed by atoms with Crippen molar-refractivity contribution in [3.63, 3.8) is 0 Å². The van der Waals surface area contributed by atoms with Crippen LogP contribution in [0.4, 0.5) is 15.9 Å². The third kappa shape index (κ3) is 3.07.